The lowest BCUT2D eigenvalue weighted by molar-refractivity contribution is -0.0164. The van der Waals surface area contributed by atoms with Crippen LogP contribution in [0.15, 0.2) is 0 Å². The molecule has 1 fully saturated rings. The summed E-state index contributed by atoms with van der Waals surface area (Å²) in [4.78, 5) is 0. The lowest BCUT2D eigenvalue weighted by atomic mass is 9.81. The Morgan fingerprint density at radius 2 is 1.83 bits per heavy atom. The van der Waals surface area contributed by atoms with Gasteiger partial charge in [0, 0.05) is 0 Å². The third-order valence-corrected chi connectivity index (χ3v) is 3.06. The minimum atomic E-state index is -0.398. The first kappa shape index (κ1) is 10.0. The zero-order chi connectivity index (χ0) is 9.19. The standard InChI is InChI=1S/C11H22O/c1-9(2)8-11(3,12)10-6-4-5-7-10/h9-10,12H,4-8H2,1-3H3. The maximum absolute atomic E-state index is 10.2. The van der Waals surface area contributed by atoms with Gasteiger partial charge < -0.3 is 5.11 Å². The van der Waals surface area contributed by atoms with Gasteiger partial charge >= 0.3 is 0 Å². The molecule has 0 aromatic heterocycles. The molecule has 0 radical (unpaired) electrons. The van der Waals surface area contributed by atoms with Gasteiger partial charge in [0.15, 0.2) is 0 Å². The van der Waals surface area contributed by atoms with E-state index in [2.05, 4.69) is 13.8 Å². The molecule has 1 aliphatic rings. The highest BCUT2D eigenvalue weighted by Crippen LogP contribution is 2.37. The lowest BCUT2D eigenvalue weighted by Crippen LogP contribution is -2.34. The summed E-state index contributed by atoms with van der Waals surface area (Å²) in [5, 5.41) is 10.2. The van der Waals surface area contributed by atoms with Crippen LogP contribution in [-0.2, 0) is 0 Å². The van der Waals surface area contributed by atoms with Gasteiger partial charge in [0.1, 0.15) is 0 Å². The van der Waals surface area contributed by atoms with Crippen LogP contribution in [0.5, 0.6) is 0 Å². The van der Waals surface area contributed by atoms with Gasteiger partial charge in [-0.05, 0) is 38.0 Å². The van der Waals surface area contributed by atoms with E-state index in [-0.39, 0.29) is 0 Å². The maximum Gasteiger partial charge on any atom is 0.0650 e. The van der Waals surface area contributed by atoms with Crippen molar-refractivity contribution < 1.29 is 5.11 Å². The molecule has 1 nitrogen and oxygen atoms in total. The molecule has 1 heteroatoms. The predicted octanol–water partition coefficient (Wildman–Crippen LogP) is 2.97. The highest BCUT2D eigenvalue weighted by molar-refractivity contribution is 4.85. The molecule has 72 valence electrons. The molecule has 0 aliphatic heterocycles. The quantitative estimate of drug-likeness (QED) is 0.690. The SMILES string of the molecule is CC(C)CC(C)(O)C1CCCC1. The van der Waals surface area contributed by atoms with Crippen LogP contribution in [0, 0.1) is 11.8 Å². The van der Waals surface area contributed by atoms with Crippen molar-refractivity contribution in [3.63, 3.8) is 0 Å². The van der Waals surface area contributed by atoms with Crippen molar-refractivity contribution in [1.82, 2.24) is 0 Å². The average Bonchev–Trinajstić information content (AvgIpc) is 2.32. The van der Waals surface area contributed by atoms with E-state index in [4.69, 9.17) is 0 Å². The van der Waals surface area contributed by atoms with Gasteiger partial charge in [0.25, 0.3) is 0 Å². The van der Waals surface area contributed by atoms with E-state index in [0.717, 1.165) is 6.42 Å². The Morgan fingerprint density at radius 1 is 1.33 bits per heavy atom. The van der Waals surface area contributed by atoms with Gasteiger partial charge in [-0.3, -0.25) is 0 Å². The van der Waals surface area contributed by atoms with Crippen molar-refractivity contribution >= 4 is 0 Å². The van der Waals surface area contributed by atoms with E-state index < -0.39 is 5.60 Å². The third kappa shape index (κ3) is 2.48. The number of rotatable bonds is 3. The molecule has 1 atom stereocenters. The summed E-state index contributed by atoms with van der Waals surface area (Å²) in [6.07, 6.45) is 6.06. The summed E-state index contributed by atoms with van der Waals surface area (Å²) in [5.41, 5.74) is -0.398. The Labute approximate surface area is 76.2 Å². The van der Waals surface area contributed by atoms with Gasteiger partial charge in [-0.1, -0.05) is 26.7 Å². The summed E-state index contributed by atoms with van der Waals surface area (Å²) >= 11 is 0. The zero-order valence-corrected chi connectivity index (χ0v) is 8.64. The second-order valence-electron chi connectivity index (χ2n) is 4.94. The molecule has 0 aromatic carbocycles. The maximum atomic E-state index is 10.2. The Bertz CT molecular complexity index is 132. The second-order valence-corrected chi connectivity index (χ2v) is 4.94. The van der Waals surface area contributed by atoms with E-state index in [0.29, 0.717) is 11.8 Å². The Hall–Kier alpha value is -0.0400. The molecule has 1 unspecified atom stereocenters. The molecule has 1 saturated carbocycles. The van der Waals surface area contributed by atoms with Crippen LogP contribution in [0.1, 0.15) is 52.9 Å². The van der Waals surface area contributed by atoms with Crippen molar-refractivity contribution in [1.29, 1.82) is 0 Å². The fourth-order valence-corrected chi connectivity index (χ4v) is 2.54. The van der Waals surface area contributed by atoms with E-state index in [9.17, 15) is 5.11 Å². The molecule has 1 aliphatic carbocycles. The van der Waals surface area contributed by atoms with E-state index in [1.807, 2.05) is 6.92 Å². The molecule has 0 bridgehead atoms. The molecule has 0 aromatic rings. The summed E-state index contributed by atoms with van der Waals surface area (Å²) in [6.45, 7) is 6.38. The van der Waals surface area contributed by atoms with E-state index in [1.165, 1.54) is 25.7 Å². The van der Waals surface area contributed by atoms with Crippen molar-refractivity contribution in [2.24, 2.45) is 11.8 Å². The largest absolute Gasteiger partial charge is 0.390 e. The van der Waals surface area contributed by atoms with Crippen LogP contribution < -0.4 is 0 Å². The highest BCUT2D eigenvalue weighted by Gasteiger charge is 2.33. The normalized spacial score (nSPS) is 24.8. The molecule has 0 saturated heterocycles. The van der Waals surface area contributed by atoms with E-state index >= 15 is 0 Å². The predicted molar refractivity (Wildman–Crippen MR) is 52.0 cm³/mol. The molecule has 1 rings (SSSR count). The molecule has 0 amide bonds. The van der Waals surface area contributed by atoms with Gasteiger partial charge in [-0.2, -0.15) is 0 Å². The minimum Gasteiger partial charge on any atom is -0.390 e. The van der Waals surface area contributed by atoms with Crippen LogP contribution >= 0.6 is 0 Å². The monoisotopic (exact) mass is 170 g/mol. The summed E-state index contributed by atoms with van der Waals surface area (Å²) in [7, 11) is 0. The smallest absolute Gasteiger partial charge is 0.0650 e. The summed E-state index contributed by atoms with van der Waals surface area (Å²) in [5.74, 6) is 1.18. The Kier molecular flexibility index (Phi) is 3.16. The van der Waals surface area contributed by atoms with Crippen molar-refractivity contribution in [2.45, 2.75) is 58.5 Å². The zero-order valence-electron chi connectivity index (χ0n) is 8.64. The van der Waals surface area contributed by atoms with Gasteiger partial charge in [0.05, 0.1) is 5.60 Å². The van der Waals surface area contributed by atoms with Crippen LogP contribution in [0.4, 0.5) is 0 Å². The third-order valence-electron chi connectivity index (χ3n) is 3.06. The molecule has 0 spiro atoms. The molecular weight excluding hydrogens is 148 g/mol. The summed E-state index contributed by atoms with van der Waals surface area (Å²) in [6, 6.07) is 0. The van der Waals surface area contributed by atoms with Crippen LogP contribution in [-0.4, -0.2) is 10.7 Å². The van der Waals surface area contributed by atoms with Gasteiger partial charge in [0.2, 0.25) is 0 Å². The van der Waals surface area contributed by atoms with Crippen LogP contribution in [0.2, 0.25) is 0 Å². The van der Waals surface area contributed by atoms with Crippen LogP contribution in [0.25, 0.3) is 0 Å². The fourth-order valence-electron chi connectivity index (χ4n) is 2.54. The van der Waals surface area contributed by atoms with Gasteiger partial charge in [-0.25, -0.2) is 0 Å². The van der Waals surface area contributed by atoms with Crippen molar-refractivity contribution in [2.75, 3.05) is 0 Å². The first-order valence-corrected chi connectivity index (χ1v) is 5.25. The second kappa shape index (κ2) is 3.78. The minimum absolute atomic E-state index is 0.398. The van der Waals surface area contributed by atoms with Gasteiger partial charge in [-0.15, -0.1) is 0 Å². The molecule has 1 N–H and O–H groups in total. The topological polar surface area (TPSA) is 20.2 Å². The molecular formula is C11H22O. The van der Waals surface area contributed by atoms with Crippen molar-refractivity contribution in [3.8, 4) is 0 Å². The fraction of sp³-hybridized carbons (Fsp3) is 1.00. The first-order chi connectivity index (χ1) is 5.52. The number of hydrogen-bond donors (Lipinski definition) is 1. The van der Waals surface area contributed by atoms with Crippen LogP contribution in [0.3, 0.4) is 0 Å². The Balaban J connectivity index is 2.45. The molecule has 0 heterocycles. The number of hydrogen-bond acceptors (Lipinski definition) is 1. The Morgan fingerprint density at radius 3 is 2.25 bits per heavy atom. The summed E-state index contributed by atoms with van der Waals surface area (Å²) < 4.78 is 0. The average molecular weight is 170 g/mol. The highest BCUT2D eigenvalue weighted by atomic mass is 16.3. The van der Waals surface area contributed by atoms with Crippen molar-refractivity contribution in [3.05, 3.63) is 0 Å². The number of aliphatic hydroxyl groups is 1. The molecule has 12 heavy (non-hydrogen) atoms. The first-order valence-electron chi connectivity index (χ1n) is 5.25. The lowest BCUT2D eigenvalue weighted by Gasteiger charge is -2.31. The van der Waals surface area contributed by atoms with E-state index in [1.54, 1.807) is 0 Å².